The third-order valence-corrected chi connectivity index (χ3v) is 3.14. The number of ether oxygens (including phenoxy) is 1. The van der Waals surface area contributed by atoms with Crippen molar-refractivity contribution in [2.24, 2.45) is 0 Å². The maximum absolute atomic E-state index is 11.0. The highest BCUT2D eigenvalue weighted by atomic mass is 16.5. The largest absolute Gasteiger partial charge is 0.491 e. The van der Waals surface area contributed by atoms with Gasteiger partial charge in [0.05, 0.1) is 6.61 Å². The van der Waals surface area contributed by atoms with Gasteiger partial charge in [0.1, 0.15) is 11.3 Å². The minimum Gasteiger partial charge on any atom is -0.491 e. The minimum absolute atomic E-state index is 0.135. The maximum Gasteiger partial charge on any atom is 0.243 e. The van der Waals surface area contributed by atoms with Crippen LogP contribution < -0.4 is 10.1 Å². The maximum atomic E-state index is 11.0. The highest BCUT2D eigenvalue weighted by Crippen LogP contribution is 2.24. The Kier molecular flexibility index (Phi) is 5.32. The average molecular weight is 284 g/mol. The lowest BCUT2D eigenvalue weighted by atomic mass is 10.2. The Morgan fingerprint density at radius 1 is 1.33 bits per heavy atom. The number of nitrogens with one attached hydrogen (secondary N) is 1. The summed E-state index contributed by atoms with van der Waals surface area (Å²) in [6.07, 6.45) is 3.02. The number of pyridine rings is 1. The van der Waals surface area contributed by atoms with Crippen LogP contribution >= 0.6 is 0 Å². The zero-order valence-corrected chi connectivity index (χ0v) is 12.3. The van der Waals surface area contributed by atoms with Crippen LogP contribution in [0.1, 0.15) is 18.5 Å². The van der Waals surface area contributed by atoms with Crippen LogP contribution in [-0.4, -0.2) is 24.0 Å². The molecule has 0 saturated heterocycles. The van der Waals surface area contributed by atoms with E-state index in [1.807, 2.05) is 31.2 Å². The van der Waals surface area contributed by atoms with E-state index in [1.165, 1.54) is 6.08 Å². The smallest absolute Gasteiger partial charge is 0.243 e. The fraction of sp³-hybridized carbons (Fsp3) is 0.294. The molecular formula is C17H20N2O2. The summed E-state index contributed by atoms with van der Waals surface area (Å²) >= 11 is 0. The number of hydrogen-bond donors (Lipinski definition) is 1. The third kappa shape index (κ3) is 4.31. The monoisotopic (exact) mass is 284 g/mol. The number of aryl methyl sites for hydroxylation is 1. The van der Waals surface area contributed by atoms with Crippen molar-refractivity contribution < 1.29 is 9.53 Å². The van der Waals surface area contributed by atoms with Crippen LogP contribution in [-0.2, 0) is 4.79 Å². The fourth-order valence-electron chi connectivity index (χ4n) is 2.03. The SMILES string of the molecule is C=CC(=O)NCCCCOc1cccc2ccc(C)nc12. The van der Waals surface area contributed by atoms with Crippen molar-refractivity contribution in [1.82, 2.24) is 10.3 Å². The van der Waals surface area contributed by atoms with Crippen molar-refractivity contribution in [3.63, 3.8) is 0 Å². The minimum atomic E-state index is -0.135. The number of carbonyl (C=O) groups excluding carboxylic acids is 1. The molecule has 0 radical (unpaired) electrons. The van der Waals surface area contributed by atoms with E-state index in [2.05, 4.69) is 22.9 Å². The second-order valence-electron chi connectivity index (χ2n) is 4.83. The molecule has 21 heavy (non-hydrogen) atoms. The zero-order valence-electron chi connectivity index (χ0n) is 12.3. The summed E-state index contributed by atoms with van der Waals surface area (Å²) in [6, 6.07) is 9.98. The van der Waals surface area contributed by atoms with E-state index in [9.17, 15) is 4.79 Å². The second-order valence-corrected chi connectivity index (χ2v) is 4.83. The van der Waals surface area contributed by atoms with Crippen molar-refractivity contribution >= 4 is 16.8 Å². The molecule has 2 aromatic rings. The van der Waals surface area contributed by atoms with Crippen LogP contribution in [0.15, 0.2) is 43.0 Å². The van der Waals surface area contributed by atoms with Crippen LogP contribution in [0.5, 0.6) is 5.75 Å². The lowest BCUT2D eigenvalue weighted by Crippen LogP contribution is -2.22. The number of nitrogens with zero attached hydrogens (tertiary/aromatic N) is 1. The van der Waals surface area contributed by atoms with Crippen molar-refractivity contribution in [1.29, 1.82) is 0 Å². The molecule has 0 saturated carbocycles. The number of carbonyl (C=O) groups is 1. The Hall–Kier alpha value is -2.36. The molecular weight excluding hydrogens is 264 g/mol. The van der Waals surface area contributed by atoms with E-state index in [1.54, 1.807) is 0 Å². The lowest BCUT2D eigenvalue weighted by molar-refractivity contribution is -0.116. The molecule has 1 N–H and O–H groups in total. The molecule has 0 aliphatic rings. The van der Waals surface area contributed by atoms with Crippen molar-refractivity contribution in [3.8, 4) is 5.75 Å². The van der Waals surface area contributed by atoms with E-state index in [4.69, 9.17) is 4.74 Å². The molecule has 0 fully saturated rings. The second kappa shape index (κ2) is 7.43. The first-order valence-electron chi connectivity index (χ1n) is 7.10. The third-order valence-electron chi connectivity index (χ3n) is 3.14. The quantitative estimate of drug-likeness (QED) is 0.628. The first kappa shape index (κ1) is 15.0. The van der Waals surface area contributed by atoms with Gasteiger partial charge in [-0.3, -0.25) is 4.79 Å². The summed E-state index contributed by atoms with van der Waals surface area (Å²) in [6.45, 7) is 6.63. The molecule has 1 aromatic heterocycles. The molecule has 0 spiro atoms. The topological polar surface area (TPSA) is 51.2 Å². The van der Waals surface area contributed by atoms with Gasteiger partial charge in [0.2, 0.25) is 5.91 Å². The Morgan fingerprint density at radius 3 is 3.00 bits per heavy atom. The van der Waals surface area contributed by atoms with E-state index in [-0.39, 0.29) is 5.91 Å². The van der Waals surface area contributed by atoms with Gasteiger partial charge in [0.25, 0.3) is 0 Å². The number of unbranched alkanes of at least 4 members (excludes halogenated alkanes) is 1. The highest BCUT2D eigenvalue weighted by Gasteiger charge is 2.03. The number of rotatable bonds is 7. The Bertz CT molecular complexity index is 638. The lowest BCUT2D eigenvalue weighted by Gasteiger charge is -2.09. The molecule has 2 rings (SSSR count). The van der Waals surface area contributed by atoms with Gasteiger partial charge in [-0.1, -0.05) is 24.8 Å². The first-order valence-corrected chi connectivity index (χ1v) is 7.10. The van der Waals surface area contributed by atoms with Gasteiger partial charge in [0.15, 0.2) is 0 Å². The summed E-state index contributed by atoms with van der Waals surface area (Å²) in [7, 11) is 0. The predicted molar refractivity (Wildman–Crippen MR) is 84.4 cm³/mol. The van der Waals surface area contributed by atoms with Crippen LogP contribution in [0.25, 0.3) is 10.9 Å². The summed E-state index contributed by atoms with van der Waals surface area (Å²) < 4.78 is 5.81. The van der Waals surface area contributed by atoms with E-state index < -0.39 is 0 Å². The normalized spacial score (nSPS) is 10.3. The van der Waals surface area contributed by atoms with Crippen molar-refractivity contribution in [2.75, 3.05) is 13.2 Å². The van der Waals surface area contributed by atoms with Crippen LogP contribution in [0.3, 0.4) is 0 Å². The van der Waals surface area contributed by atoms with Crippen molar-refractivity contribution in [2.45, 2.75) is 19.8 Å². The van der Waals surface area contributed by atoms with Crippen molar-refractivity contribution in [3.05, 3.63) is 48.7 Å². The number of aromatic nitrogens is 1. The predicted octanol–water partition coefficient (Wildman–Crippen LogP) is 3.00. The molecule has 0 aliphatic carbocycles. The molecule has 0 atom stereocenters. The van der Waals surface area contributed by atoms with Gasteiger partial charge < -0.3 is 10.1 Å². The summed E-state index contributed by atoms with van der Waals surface area (Å²) in [4.78, 5) is 15.5. The van der Waals surface area contributed by atoms with Gasteiger partial charge in [-0.15, -0.1) is 0 Å². The molecule has 0 unspecified atom stereocenters. The molecule has 1 aromatic carbocycles. The Balaban J connectivity index is 1.85. The number of amides is 1. The van der Waals surface area contributed by atoms with Crippen LogP contribution in [0.2, 0.25) is 0 Å². The number of fused-ring (bicyclic) bond motifs is 1. The van der Waals surface area contributed by atoms with Gasteiger partial charge >= 0.3 is 0 Å². The zero-order chi connectivity index (χ0) is 15.1. The van der Waals surface area contributed by atoms with E-state index in [0.717, 1.165) is 35.2 Å². The number of benzene rings is 1. The first-order chi connectivity index (χ1) is 10.2. The summed E-state index contributed by atoms with van der Waals surface area (Å²) in [5.41, 5.74) is 1.88. The van der Waals surface area contributed by atoms with E-state index in [0.29, 0.717) is 13.2 Å². The highest BCUT2D eigenvalue weighted by molar-refractivity contribution is 5.86. The van der Waals surface area contributed by atoms with Crippen LogP contribution in [0, 0.1) is 6.92 Å². The molecule has 0 bridgehead atoms. The Labute approximate surface area is 124 Å². The number of para-hydroxylation sites is 1. The van der Waals surface area contributed by atoms with Gasteiger partial charge in [-0.05, 0) is 38.0 Å². The van der Waals surface area contributed by atoms with Crippen LogP contribution in [0.4, 0.5) is 0 Å². The van der Waals surface area contributed by atoms with E-state index >= 15 is 0 Å². The number of hydrogen-bond acceptors (Lipinski definition) is 3. The molecule has 0 aliphatic heterocycles. The molecule has 4 nitrogen and oxygen atoms in total. The molecule has 4 heteroatoms. The molecule has 1 heterocycles. The summed E-state index contributed by atoms with van der Waals surface area (Å²) in [5, 5.41) is 3.82. The standard InChI is InChI=1S/C17H20N2O2/c1-3-16(20)18-11-4-5-12-21-15-8-6-7-14-10-9-13(2)19-17(14)15/h3,6-10H,1,4-5,11-12H2,2H3,(H,18,20). The van der Waals surface area contributed by atoms with Gasteiger partial charge in [-0.2, -0.15) is 0 Å². The molecule has 1 amide bonds. The average Bonchev–Trinajstić information content (AvgIpc) is 2.50. The Morgan fingerprint density at radius 2 is 2.19 bits per heavy atom. The van der Waals surface area contributed by atoms with Gasteiger partial charge in [-0.25, -0.2) is 4.98 Å². The molecule has 110 valence electrons. The summed E-state index contributed by atoms with van der Waals surface area (Å²) in [5.74, 6) is 0.677. The fourth-order valence-corrected chi connectivity index (χ4v) is 2.03. The van der Waals surface area contributed by atoms with Gasteiger partial charge in [0, 0.05) is 17.6 Å².